The Morgan fingerprint density at radius 2 is 0.933 bits per heavy atom. The average molecular weight is 851 g/mol. The number of unbranched alkanes of at least 4 members (excludes halogenated alkanes) is 24. The fraction of sp³-hybridized carbons (Fsp3) is 0.840. The fourth-order valence-electron chi connectivity index (χ4n) is 7.37. The summed E-state index contributed by atoms with van der Waals surface area (Å²) in [4.78, 5) is 25.4. The first kappa shape index (κ1) is 55.9. The minimum absolute atomic E-state index is 0.225. The van der Waals surface area contributed by atoms with Crippen LogP contribution in [0.4, 0.5) is 0 Å². The smallest absolute Gasteiger partial charge is 0.306 e. The van der Waals surface area contributed by atoms with E-state index < -0.39 is 55.4 Å². The monoisotopic (exact) mass is 851 g/mol. The quantitative estimate of drug-likeness (QED) is 0.0266. The first-order valence-electron chi connectivity index (χ1n) is 24.6. The number of carbonyl (C=O) groups is 2. The highest BCUT2D eigenvalue weighted by Gasteiger charge is 2.44. The van der Waals surface area contributed by atoms with Gasteiger partial charge in [0.2, 0.25) is 0 Å². The van der Waals surface area contributed by atoms with Crippen molar-refractivity contribution in [3.8, 4) is 0 Å². The number of allylic oxidation sites excluding steroid dienone is 6. The van der Waals surface area contributed by atoms with Gasteiger partial charge >= 0.3 is 11.9 Å². The van der Waals surface area contributed by atoms with Crippen LogP contribution in [0.25, 0.3) is 0 Å². The Hall–Kier alpha value is -2.08. The van der Waals surface area contributed by atoms with Gasteiger partial charge in [0, 0.05) is 12.8 Å². The number of rotatable bonds is 41. The highest BCUT2D eigenvalue weighted by Crippen LogP contribution is 2.23. The largest absolute Gasteiger partial charge is 0.462 e. The number of carbonyl (C=O) groups excluding carboxylic acids is 2. The van der Waals surface area contributed by atoms with E-state index in [9.17, 15) is 30.0 Å². The molecule has 350 valence electrons. The summed E-state index contributed by atoms with van der Waals surface area (Å²) in [7, 11) is 0. The molecular weight excluding hydrogens is 761 g/mol. The average Bonchev–Trinajstić information content (AvgIpc) is 3.25. The van der Waals surface area contributed by atoms with Gasteiger partial charge in [0.15, 0.2) is 12.4 Å². The molecule has 10 heteroatoms. The molecule has 4 N–H and O–H groups in total. The second-order valence-electron chi connectivity index (χ2n) is 16.9. The molecule has 60 heavy (non-hydrogen) atoms. The predicted octanol–water partition coefficient (Wildman–Crippen LogP) is 11.1. The van der Waals surface area contributed by atoms with Crippen LogP contribution < -0.4 is 0 Å². The topological polar surface area (TPSA) is 152 Å². The summed E-state index contributed by atoms with van der Waals surface area (Å²) in [5.41, 5.74) is 0. The third kappa shape index (κ3) is 31.7. The van der Waals surface area contributed by atoms with Crippen molar-refractivity contribution in [2.24, 2.45) is 0 Å². The summed E-state index contributed by atoms with van der Waals surface area (Å²) >= 11 is 0. The van der Waals surface area contributed by atoms with Crippen molar-refractivity contribution in [2.75, 3.05) is 19.8 Å². The number of aliphatic hydroxyl groups excluding tert-OH is 4. The van der Waals surface area contributed by atoms with Crippen molar-refractivity contribution in [1.29, 1.82) is 0 Å². The zero-order valence-corrected chi connectivity index (χ0v) is 38.2. The third-order valence-corrected chi connectivity index (χ3v) is 11.3. The first-order chi connectivity index (χ1) is 29.3. The van der Waals surface area contributed by atoms with Crippen molar-refractivity contribution < 1.29 is 49.0 Å². The maximum atomic E-state index is 12.8. The summed E-state index contributed by atoms with van der Waals surface area (Å²) in [5, 5.41) is 40.1. The second-order valence-corrected chi connectivity index (χ2v) is 16.9. The van der Waals surface area contributed by atoms with E-state index >= 15 is 0 Å². The summed E-state index contributed by atoms with van der Waals surface area (Å²) in [6.07, 6.45) is 40.1. The van der Waals surface area contributed by atoms with E-state index in [-0.39, 0.29) is 26.1 Å². The lowest BCUT2D eigenvalue weighted by molar-refractivity contribution is -0.305. The Balaban J connectivity index is 2.29. The number of hydrogen-bond acceptors (Lipinski definition) is 10. The SMILES string of the molecule is CCCCC/C=C/C/C=C/C/C=C/CCCCC(=O)OC[C@H](CO[C@@H]1O[C@H](CO)[C@H](O)C(O)C1O)OC(=O)CCCCCCCCCCCCCCCCCCCCCC. The van der Waals surface area contributed by atoms with Crippen LogP contribution in [0.3, 0.4) is 0 Å². The Kier molecular flexibility index (Phi) is 38.2. The third-order valence-electron chi connectivity index (χ3n) is 11.3. The zero-order valence-electron chi connectivity index (χ0n) is 38.2. The number of hydrogen-bond donors (Lipinski definition) is 4. The lowest BCUT2D eigenvalue weighted by Crippen LogP contribution is -2.59. The van der Waals surface area contributed by atoms with Gasteiger partial charge in [-0.3, -0.25) is 9.59 Å². The van der Waals surface area contributed by atoms with E-state index in [4.69, 9.17) is 18.9 Å². The molecule has 2 unspecified atom stereocenters. The van der Waals surface area contributed by atoms with Gasteiger partial charge < -0.3 is 39.4 Å². The number of esters is 2. The summed E-state index contributed by atoms with van der Waals surface area (Å²) < 4.78 is 22.2. The van der Waals surface area contributed by atoms with Gasteiger partial charge in [-0.15, -0.1) is 0 Å². The highest BCUT2D eigenvalue weighted by atomic mass is 16.7. The molecule has 1 rings (SSSR count). The molecule has 0 aromatic heterocycles. The molecule has 0 bridgehead atoms. The van der Waals surface area contributed by atoms with Gasteiger partial charge in [0.1, 0.15) is 31.0 Å². The van der Waals surface area contributed by atoms with Crippen LogP contribution in [0, 0.1) is 0 Å². The van der Waals surface area contributed by atoms with E-state index in [1.807, 2.05) is 0 Å². The standard InChI is InChI=1S/C50H90O10/c1-3-5-7-9-11-13-15-17-19-20-21-22-23-25-27-29-31-33-35-37-39-46(53)59-43(42-58-50-49(56)48(55)47(54)44(40-51)60-50)41-57-45(52)38-36-34-32-30-28-26-24-18-16-14-12-10-8-6-4-2/h12,14,18,24,28,30,43-44,47-51,54-56H,3-11,13,15-17,19-23,25-27,29,31-42H2,1-2H3/b14-12+,24-18+,30-28+/t43-,44-,47+,48?,49?,50-/m1/s1. The molecule has 0 saturated carbocycles. The van der Waals surface area contributed by atoms with Crippen molar-refractivity contribution >= 4 is 11.9 Å². The van der Waals surface area contributed by atoms with Crippen LogP contribution in [0.15, 0.2) is 36.5 Å². The number of ether oxygens (including phenoxy) is 4. The van der Waals surface area contributed by atoms with Crippen LogP contribution in [0.5, 0.6) is 0 Å². The normalized spacial score (nSPS) is 20.1. The fourth-order valence-corrected chi connectivity index (χ4v) is 7.37. The van der Waals surface area contributed by atoms with Crippen molar-refractivity contribution in [3.05, 3.63) is 36.5 Å². The highest BCUT2D eigenvalue weighted by molar-refractivity contribution is 5.70. The molecule has 1 saturated heterocycles. The van der Waals surface area contributed by atoms with E-state index in [2.05, 4.69) is 50.3 Å². The summed E-state index contributed by atoms with van der Waals surface area (Å²) in [5.74, 6) is -0.844. The first-order valence-corrected chi connectivity index (χ1v) is 24.6. The number of aliphatic hydroxyl groups is 4. The molecule has 0 amide bonds. The van der Waals surface area contributed by atoms with Crippen molar-refractivity contribution in [3.63, 3.8) is 0 Å². The van der Waals surface area contributed by atoms with E-state index in [1.165, 1.54) is 122 Å². The maximum absolute atomic E-state index is 12.8. The zero-order chi connectivity index (χ0) is 43.7. The molecule has 6 atom stereocenters. The molecule has 1 fully saturated rings. The Morgan fingerprint density at radius 3 is 1.43 bits per heavy atom. The summed E-state index contributed by atoms with van der Waals surface area (Å²) in [6.45, 7) is 3.38. The van der Waals surface area contributed by atoms with Gasteiger partial charge in [-0.1, -0.05) is 185 Å². The van der Waals surface area contributed by atoms with Gasteiger partial charge in [-0.2, -0.15) is 0 Å². The van der Waals surface area contributed by atoms with Crippen molar-refractivity contribution in [1.82, 2.24) is 0 Å². The van der Waals surface area contributed by atoms with E-state index in [1.54, 1.807) is 0 Å². The molecule has 0 radical (unpaired) electrons. The van der Waals surface area contributed by atoms with E-state index in [0.29, 0.717) is 12.8 Å². The minimum atomic E-state index is -1.60. The molecule has 1 heterocycles. The Morgan fingerprint density at radius 1 is 0.517 bits per heavy atom. The molecule has 0 aromatic carbocycles. The van der Waals surface area contributed by atoms with Crippen molar-refractivity contribution in [2.45, 2.75) is 250 Å². The van der Waals surface area contributed by atoms with Crippen LogP contribution in [-0.2, 0) is 28.5 Å². The van der Waals surface area contributed by atoms with Gasteiger partial charge in [-0.25, -0.2) is 0 Å². The minimum Gasteiger partial charge on any atom is -0.462 e. The Bertz CT molecular complexity index is 1080. The molecule has 10 nitrogen and oxygen atoms in total. The molecular formula is C50H90O10. The van der Waals surface area contributed by atoms with Gasteiger partial charge in [-0.05, 0) is 51.4 Å². The molecule has 1 aliphatic rings. The van der Waals surface area contributed by atoms with Gasteiger partial charge in [0.05, 0.1) is 13.2 Å². The lowest BCUT2D eigenvalue weighted by atomic mass is 9.99. The molecule has 1 aliphatic heterocycles. The van der Waals surface area contributed by atoms with Crippen LogP contribution in [-0.4, -0.2) is 89.0 Å². The van der Waals surface area contributed by atoms with Gasteiger partial charge in [0.25, 0.3) is 0 Å². The lowest BCUT2D eigenvalue weighted by Gasteiger charge is -2.39. The molecule has 0 aliphatic carbocycles. The maximum Gasteiger partial charge on any atom is 0.306 e. The van der Waals surface area contributed by atoms with Crippen LogP contribution in [0.2, 0.25) is 0 Å². The molecule has 0 spiro atoms. The Labute approximate surface area is 366 Å². The van der Waals surface area contributed by atoms with Crippen LogP contribution in [0.1, 0.15) is 213 Å². The van der Waals surface area contributed by atoms with Crippen LogP contribution >= 0.6 is 0 Å². The van der Waals surface area contributed by atoms with E-state index in [0.717, 1.165) is 51.4 Å². The molecule has 0 aromatic rings. The predicted molar refractivity (Wildman–Crippen MR) is 242 cm³/mol. The summed E-state index contributed by atoms with van der Waals surface area (Å²) in [6, 6.07) is 0. The second kappa shape index (κ2) is 41.0.